The van der Waals surface area contributed by atoms with Gasteiger partial charge in [-0.05, 0) is 52.8 Å². The minimum absolute atomic E-state index is 0.00851. The van der Waals surface area contributed by atoms with Crippen LogP contribution < -0.4 is 5.32 Å². The van der Waals surface area contributed by atoms with Gasteiger partial charge < -0.3 is 10.1 Å². The molecule has 0 spiro atoms. The van der Waals surface area contributed by atoms with E-state index in [0.29, 0.717) is 11.1 Å². The van der Waals surface area contributed by atoms with Crippen molar-refractivity contribution in [2.75, 3.05) is 0 Å². The zero-order valence-electron chi connectivity index (χ0n) is 14.0. The van der Waals surface area contributed by atoms with Gasteiger partial charge in [0.1, 0.15) is 0 Å². The molecule has 0 radical (unpaired) electrons. The zero-order valence-corrected chi connectivity index (χ0v) is 14.0. The number of aromatic nitrogens is 2. The Hall–Kier alpha value is -2.50. The fourth-order valence-corrected chi connectivity index (χ4v) is 2.04. The van der Waals surface area contributed by atoms with Gasteiger partial charge in [0.15, 0.2) is 6.10 Å². The predicted molar refractivity (Wildman–Crippen MR) is 87.2 cm³/mol. The van der Waals surface area contributed by atoms with E-state index < -0.39 is 12.1 Å². The number of hydrogen-bond acceptors (Lipinski definition) is 5. The molecular weight excluding hydrogens is 294 g/mol. The number of amides is 1. The molecule has 6 nitrogen and oxygen atoms in total. The van der Waals surface area contributed by atoms with Gasteiger partial charge in [0, 0.05) is 6.04 Å². The van der Waals surface area contributed by atoms with Crippen molar-refractivity contribution in [2.24, 2.45) is 0 Å². The minimum atomic E-state index is -0.855. The summed E-state index contributed by atoms with van der Waals surface area (Å²) in [5.74, 6) is -0.876. The maximum atomic E-state index is 12.2. The average Bonchev–Trinajstić information content (AvgIpc) is 2.47. The molecule has 0 aliphatic carbocycles. The molecule has 1 aromatic carbocycles. The van der Waals surface area contributed by atoms with Crippen molar-refractivity contribution in [3.05, 3.63) is 35.2 Å². The molecule has 0 fully saturated rings. The van der Waals surface area contributed by atoms with Crippen molar-refractivity contribution in [2.45, 2.75) is 46.8 Å². The lowest BCUT2D eigenvalue weighted by atomic mass is 10.2. The molecule has 2 rings (SSSR count). The van der Waals surface area contributed by atoms with Gasteiger partial charge in [0.2, 0.25) is 0 Å². The Labute approximate surface area is 135 Å². The first-order valence-corrected chi connectivity index (χ1v) is 7.54. The molecule has 1 amide bonds. The van der Waals surface area contributed by atoms with Crippen LogP contribution in [-0.4, -0.2) is 34.0 Å². The van der Waals surface area contributed by atoms with E-state index in [-0.39, 0.29) is 11.9 Å². The molecule has 0 saturated carbocycles. The Morgan fingerprint density at radius 2 is 1.65 bits per heavy atom. The Balaban J connectivity index is 2.18. The van der Waals surface area contributed by atoms with E-state index in [1.54, 1.807) is 25.1 Å². The van der Waals surface area contributed by atoms with Crippen molar-refractivity contribution < 1.29 is 14.3 Å². The second-order valence-electron chi connectivity index (χ2n) is 5.81. The quantitative estimate of drug-likeness (QED) is 0.876. The van der Waals surface area contributed by atoms with Crippen LogP contribution in [0.5, 0.6) is 0 Å². The molecule has 0 aliphatic rings. The predicted octanol–water partition coefficient (Wildman–Crippen LogP) is 2.32. The van der Waals surface area contributed by atoms with Gasteiger partial charge in [-0.2, -0.15) is 0 Å². The number of carbonyl (C=O) groups is 2. The Kier molecular flexibility index (Phi) is 4.93. The molecule has 1 heterocycles. The summed E-state index contributed by atoms with van der Waals surface area (Å²) in [5.41, 5.74) is 3.36. The number of rotatable bonds is 4. The van der Waals surface area contributed by atoms with E-state index >= 15 is 0 Å². The van der Waals surface area contributed by atoms with Crippen LogP contribution >= 0.6 is 0 Å². The summed E-state index contributed by atoms with van der Waals surface area (Å²) in [6.45, 7) is 8.99. The molecule has 1 N–H and O–H groups in total. The first-order chi connectivity index (χ1) is 10.8. The van der Waals surface area contributed by atoms with Crippen LogP contribution in [-0.2, 0) is 9.53 Å². The van der Waals surface area contributed by atoms with E-state index in [4.69, 9.17) is 4.74 Å². The summed E-state index contributed by atoms with van der Waals surface area (Å²) in [5, 5.41) is 2.70. The Morgan fingerprint density at radius 3 is 2.26 bits per heavy atom. The van der Waals surface area contributed by atoms with Gasteiger partial charge >= 0.3 is 5.97 Å². The van der Waals surface area contributed by atoms with Gasteiger partial charge in [-0.1, -0.05) is 0 Å². The van der Waals surface area contributed by atoms with Crippen molar-refractivity contribution in [3.63, 3.8) is 0 Å². The Bertz CT molecular complexity index is 756. The highest BCUT2D eigenvalue weighted by atomic mass is 16.5. The number of nitrogens with one attached hydrogen (secondary N) is 1. The van der Waals surface area contributed by atoms with Crippen LogP contribution in [0.3, 0.4) is 0 Å². The van der Waals surface area contributed by atoms with Crippen LogP contribution in [0.1, 0.15) is 42.5 Å². The highest BCUT2D eigenvalue weighted by Gasteiger charge is 2.19. The molecule has 0 saturated heterocycles. The lowest BCUT2D eigenvalue weighted by Gasteiger charge is -2.15. The minimum Gasteiger partial charge on any atom is -0.449 e. The SMILES string of the molecule is Cc1nc2ccc(C(=O)O[C@H](C)C(=O)NC(C)C)cc2nc1C. The number of ether oxygens (including phenoxy) is 1. The molecule has 0 unspecified atom stereocenters. The summed E-state index contributed by atoms with van der Waals surface area (Å²) in [6.07, 6.45) is -0.855. The van der Waals surface area contributed by atoms with Crippen molar-refractivity contribution in [3.8, 4) is 0 Å². The van der Waals surface area contributed by atoms with Crippen molar-refractivity contribution in [1.29, 1.82) is 0 Å². The third-order valence-corrected chi connectivity index (χ3v) is 3.40. The molecule has 1 aromatic heterocycles. The number of esters is 1. The second kappa shape index (κ2) is 6.73. The molecule has 1 atom stereocenters. The smallest absolute Gasteiger partial charge is 0.338 e. The number of fused-ring (bicyclic) bond motifs is 1. The van der Waals surface area contributed by atoms with Crippen LogP contribution in [0.15, 0.2) is 18.2 Å². The van der Waals surface area contributed by atoms with Gasteiger partial charge in [-0.25, -0.2) is 14.8 Å². The lowest BCUT2D eigenvalue weighted by molar-refractivity contribution is -0.129. The fraction of sp³-hybridized carbons (Fsp3) is 0.412. The van der Waals surface area contributed by atoms with Crippen molar-refractivity contribution in [1.82, 2.24) is 15.3 Å². The second-order valence-corrected chi connectivity index (χ2v) is 5.81. The van der Waals surface area contributed by atoms with E-state index in [0.717, 1.165) is 16.9 Å². The third kappa shape index (κ3) is 4.03. The highest BCUT2D eigenvalue weighted by Crippen LogP contribution is 2.15. The highest BCUT2D eigenvalue weighted by molar-refractivity contribution is 5.95. The summed E-state index contributed by atoms with van der Waals surface area (Å²) < 4.78 is 5.20. The third-order valence-electron chi connectivity index (χ3n) is 3.40. The largest absolute Gasteiger partial charge is 0.449 e. The maximum Gasteiger partial charge on any atom is 0.338 e. The van der Waals surface area contributed by atoms with Crippen LogP contribution in [0.2, 0.25) is 0 Å². The molecular formula is C17H21N3O3. The van der Waals surface area contributed by atoms with E-state index in [1.807, 2.05) is 27.7 Å². The zero-order chi connectivity index (χ0) is 17.1. The molecule has 6 heteroatoms. The van der Waals surface area contributed by atoms with Crippen LogP contribution in [0.4, 0.5) is 0 Å². The average molecular weight is 315 g/mol. The first-order valence-electron chi connectivity index (χ1n) is 7.54. The standard InChI is InChI=1S/C17H21N3O3/c1-9(2)18-16(21)12(5)23-17(22)13-6-7-14-15(8-13)20-11(4)10(3)19-14/h6-9,12H,1-5H3,(H,18,21)/t12-/m1/s1. The number of carbonyl (C=O) groups excluding carboxylic acids is 2. The summed E-state index contributed by atoms with van der Waals surface area (Å²) in [6, 6.07) is 4.97. The van der Waals surface area contributed by atoms with Gasteiger partial charge in [-0.15, -0.1) is 0 Å². The van der Waals surface area contributed by atoms with E-state index in [9.17, 15) is 9.59 Å². The number of benzene rings is 1. The van der Waals surface area contributed by atoms with Gasteiger partial charge in [0.25, 0.3) is 5.91 Å². The van der Waals surface area contributed by atoms with Gasteiger partial charge in [-0.3, -0.25) is 4.79 Å². The van der Waals surface area contributed by atoms with Crippen LogP contribution in [0.25, 0.3) is 11.0 Å². The number of hydrogen-bond donors (Lipinski definition) is 1. The summed E-state index contributed by atoms with van der Waals surface area (Å²) >= 11 is 0. The number of aryl methyl sites for hydroxylation is 2. The van der Waals surface area contributed by atoms with E-state index in [1.165, 1.54) is 0 Å². The molecule has 0 bridgehead atoms. The topological polar surface area (TPSA) is 81.2 Å². The molecule has 2 aromatic rings. The molecule has 0 aliphatic heterocycles. The fourth-order valence-electron chi connectivity index (χ4n) is 2.04. The summed E-state index contributed by atoms with van der Waals surface area (Å²) in [4.78, 5) is 32.8. The normalized spacial score (nSPS) is 12.3. The first kappa shape index (κ1) is 16.9. The van der Waals surface area contributed by atoms with E-state index in [2.05, 4.69) is 15.3 Å². The van der Waals surface area contributed by atoms with Gasteiger partial charge in [0.05, 0.1) is 28.0 Å². The van der Waals surface area contributed by atoms with Crippen molar-refractivity contribution >= 4 is 22.9 Å². The van der Waals surface area contributed by atoms with Crippen LogP contribution in [0, 0.1) is 13.8 Å². The lowest BCUT2D eigenvalue weighted by Crippen LogP contribution is -2.39. The number of nitrogens with zero attached hydrogens (tertiary/aromatic N) is 2. The molecule has 122 valence electrons. The Morgan fingerprint density at radius 1 is 1.04 bits per heavy atom. The molecule has 23 heavy (non-hydrogen) atoms. The summed E-state index contributed by atoms with van der Waals surface area (Å²) in [7, 11) is 0. The monoisotopic (exact) mass is 315 g/mol. The maximum absolute atomic E-state index is 12.2.